The van der Waals surface area contributed by atoms with E-state index in [2.05, 4.69) is 17.2 Å². The van der Waals surface area contributed by atoms with Crippen LogP contribution in [0.2, 0.25) is 0 Å². The molecule has 0 saturated carbocycles. The molecule has 0 aliphatic rings. The van der Waals surface area contributed by atoms with Gasteiger partial charge in [0.2, 0.25) is 0 Å². The van der Waals surface area contributed by atoms with Crippen LogP contribution in [0.25, 0.3) is 0 Å². The Labute approximate surface area is 103 Å². The molecular formula is C12H24N4O. The Hall–Kier alpha value is -0.940. The summed E-state index contributed by atoms with van der Waals surface area (Å²) in [6, 6.07) is 0. The SMILES string of the molecule is CCCc1c(CCN)nnn1CCCOCC. The maximum Gasteiger partial charge on any atom is 0.0871 e. The molecule has 1 aromatic rings. The fourth-order valence-corrected chi connectivity index (χ4v) is 1.85. The van der Waals surface area contributed by atoms with Crippen molar-refractivity contribution in [3.8, 4) is 0 Å². The van der Waals surface area contributed by atoms with Gasteiger partial charge in [0, 0.05) is 26.2 Å². The van der Waals surface area contributed by atoms with E-state index in [1.54, 1.807) is 0 Å². The topological polar surface area (TPSA) is 66.0 Å². The number of ether oxygens (including phenoxy) is 1. The Morgan fingerprint density at radius 2 is 2.12 bits per heavy atom. The van der Waals surface area contributed by atoms with Gasteiger partial charge in [-0.05, 0) is 26.3 Å². The molecule has 5 nitrogen and oxygen atoms in total. The Morgan fingerprint density at radius 1 is 1.29 bits per heavy atom. The molecule has 0 aromatic carbocycles. The van der Waals surface area contributed by atoms with Gasteiger partial charge >= 0.3 is 0 Å². The van der Waals surface area contributed by atoms with Gasteiger partial charge < -0.3 is 10.5 Å². The first-order chi connectivity index (χ1) is 8.33. The molecule has 0 fully saturated rings. The van der Waals surface area contributed by atoms with Crippen molar-refractivity contribution >= 4 is 0 Å². The van der Waals surface area contributed by atoms with Crippen molar-refractivity contribution in [2.45, 2.75) is 46.1 Å². The predicted molar refractivity (Wildman–Crippen MR) is 67.9 cm³/mol. The van der Waals surface area contributed by atoms with E-state index >= 15 is 0 Å². The summed E-state index contributed by atoms with van der Waals surface area (Å²) >= 11 is 0. The zero-order chi connectivity index (χ0) is 12.5. The van der Waals surface area contributed by atoms with E-state index in [1.807, 2.05) is 11.6 Å². The first kappa shape index (κ1) is 14.1. The van der Waals surface area contributed by atoms with Gasteiger partial charge in [-0.1, -0.05) is 18.6 Å². The number of nitrogens with two attached hydrogens (primary N) is 1. The molecule has 0 amide bonds. The van der Waals surface area contributed by atoms with Crippen molar-refractivity contribution in [2.75, 3.05) is 19.8 Å². The monoisotopic (exact) mass is 240 g/mol. The second-order valence-corrected chi connectivity index (χ2v) is 4.05. The van der Waals surface area contributed by atoms with Crippen LogP contribution in [-0.2, 0) is 24.1 Å². The summed E-state index contributed by atoms with van der Waals surface area (Å²) in [5.41, 5.74) is 7.88. The van der Waals surface area contributed by atoms with Crippen molar-refractivity contribution in [1.29, 1.82) is 0 Å². The second kappa shape index (κ2) is 8.20. The van der Waals surface area contributed by atoms with Crippen LogP contribution in [0.4, 0.5) is 0 Å². The molecule has 0 aliphatic carbocycles. The summed E-state index contributed by atoms with van der Waals surface area (Å²) in [6.45, 7) is 7.26. The molecule has 1 aromatic heterocycles. The highest BCUT2D eigenvalue weighted by Crippen LogP contribution is 2.09. The van der Waals surface area contributed by atoms with Gasteiger partial charge in [-0.15, -0.1) is 5.10 Å². The first-order valence-corrected chi connectivity index (χ1v) is 6.52. The quantitative estimate of drug-likeness (QED) is 0.658. The number of rotatable bonds is 9. The molecule has 0 aliphatic heterocycles. The van der Waals surface area contributed by atoms with Gasteiger partial charge in [0.1, 0.15) is 0 Å². The van der Waals surface area contributed by atoms with Gasteiger partial charge in [-0.3, -0.25) is 0 Å². The van der Waals surface area contributed by atoms with Crippen molar-refractivity contribution in [1.82, 2.24) is 15.0 Å². The smallest absolute Gasteiger partial charge is 0.0871 e. The van der Waals surface area contributed by atoms with Gasteiger partial charge in [0.15, 0.2) is 0 Å². The molecule has 1 rings (SSSR count). The molecule has 0 bridgehead atoms. The van der Waals surface area contributed by atoms with E-state index in [4.69, 9.17) is 10.5 Å². The van der Waals surface area contributed by atoms with Gasteiger partial charge in [0.05, 0.1) is 11.4 Å². The number of aryl methyl sites for hydroxylation is 1. The third kappa shape index (κ3) is 4.44. The highest BCUT2D eigenvalue weighted by atomic mass is 16.5. The van der Waals surface area contributed by atoms with E-state index in [0.29, 0.717) is 6.54 Å². The predicted octanol–water partition coefficient (Wildman–Crippen LogP) is 1.16. The average Bonchev–Trinajstić information content (AvgIpc) is 2.69. The van der Waals surface area contributed by atoms with Crippen LogP contribution in [0.15, 0.2) is 0 Å². The maximum absolute atomic E-state index is 5.58. The van der Waals surface area contributed by atoms with Crippen molar-refractivity contribution < 1.29 is 4.74 Å². The summed E-state index contributed by atoms with van der Waals surface area (Å²) in [5, 5.41) is 8.42. The molecule has 0 saturated heterocycles. The van der Waals surface area contributed by atoms with Gasteiger partial charge in [-0.25, -0.2) is 4.68 Å². The van der Waals surface area contributed by atoms with Crippen molar-refractivity contribution in [3.63, 3.8) is 0 Å². The number of hydrogen-bond donors (Lipinski definition) is 1. The molecule has 0 radical (unpaired) electrons. The number of hydrogen-bond acceptors (Lipinski definition) is 4. The highest BCUT2D eigenvalue weighted by Gasteiger charge is 2.10. The Balaban J connectivity index is 2.56. The lowest BCUT2D eigenvalue weighted by atomic mass is 10.1. The lowest BCUT2D eigenvalue weighted by Gasteiger charge is -2.07. The standard InChI is InChI=1S/C12H24N4O/c1-3-6-12-11(7-8-13)14-15-16(12)9-5-10-17-4-2/h3-10,13H2,1-2H3. The highest BCUT2D eigenvalue weighted by molar-refractivity contribution is 5.10. The normalized spacial score (nSPS) is 11.0. The minimum Gasteiger partial charge on any atom is -0.382 e. The molecule has 0 atom stereocenters. The fraction of sp³-hybridized carbons (Fsp3) is 0.833. The summed E-state index contributed by atoms with van der Waals surface area (Å²) in [5.74, 6) is 0. The van der Waals surface area contributed by atoms with Crippen LogP contribution in [0.5, 0.6) is 0 Å². The fourth-order valence-electron chi connectivity index (χ4n) is 1.85. The summed E-state index contributed by atoms with van der Waals surface area (Å²) in [6.07, 6.45) is 3.93. The van der Waals surface area contributed by atoms with Crippen LogP contribution < -0.4 is 5.73 Å². The van der Waals surface area contributed by atoms with Gasteiger partial charge in [0.25, 0.3) is 0 Å². The molecule has 5 heteroatoms. The van der Waals surface area contributed by atoms with E-state index in [0.717, 1.165) is 51.1 Å². The lowest BCUT2D eigenvalue weighted by molar-refractivity contribution is 0.140. The minimum atomic E-state index is 0.633. The molecule has 0 spiro atoms. The van der Waals surface area contributed by atoms with E-state index in [9.17, 15) is 0 Å². The Morgan fingerprint density at radius 3 is 2.76 bits per heavy atom. The van der Waals surface area contributed by atoms with E-state index < -0.39 is 0 Å². The molecule has 1 heterocycles. The van der Waals surface area contributed by atoms with E-state index in [-0.39, 0.29) is 0 Å². The third-order valence-electron chi connectivity index (χ3n) is 2.65. The zero-order valence-corrected chi connectivity index (χ0v) is 11.0. The molecular weight excluding hydrogens is 216 g/mol. The van der Waals surface area contributed by atoms with Crippen LogP contribution >= 0.6 is 0 Å². The van der Waals surface area contributed by atoms with Crippen LogP contribution in [0, 0.1) is 0 Å². The summed E-state index contributed by atoms with van der Waals surface area (Å²) < 4.78 is 7.34. The summed E-state index contributed by atoms with van der Waals surface area (Å²) in [4.78, 5) is 0. The van der Waals surface area contributed by atoms with E-state index in [1.165, 1.54) is 5.69 Å². The average molecular weight is 240 g/mol. The Bertz CT molecular complexity index is 311. The minimum absolute atomic E-state index is 0.633. The largest absolute Gasteiger partial charge is 0.382 e. The first-order valence-electron chi connectivity index (χ1n) is 6.52. The van der Waals surface area contributed by atoms with Crippen LogP contribution in [0.1, 0.15) is 38.1 Å². The second-order valence-electron chi connectivity index (χ2n) is 4.05. The third-order valence-corrected chi connectivity index (χ3v) is 2.65. The lowest BCUT2D eigenvalue weighted by Crippen LogP contribution is -2.10. The molecule has 2 N–H and O–H groups in total. The summed E-state index contributed by atoms with van der Waals surface area (Å²) in [7, 11) is 0. The zero-order valence-electron chi connectivity index (χ0n) is 11.0. The molecule has 17 heavy (non-hydrogen) atoms. The maximum atomic E-state index is 5.58. The van der Waals surface area contributed by atoms with Crippen LogP contribution in [-0.4, -0.2) is 34.8 Å². The van der Waals surface area contributed by atoms with Crippen LogP contribution in [0.3, 0.4) is 0 Å². The van der Waals surface area contributed by atoms with Crippen molar-refractivity contribution in [2.24, 2.45) is 5.73 Å². The van der Waals surface area contributed by atoms with Crippen molar-refractivity contribution in [3.05, 3.63) is 11.4 Å². The molecule has 0 unspecified atom stereocenters. The number of aromatic nitrogens is 3. The molecule has 98 valence electrons. The Kier molecular flexibility index (Phi) is 6.81. The number of nitrogens with zero attached hydrogens (tertiary/aromatic N) is 3. The van der Waals surface area contributed by atoms with Gasteiger partial charge in [-0.2, -0.15) is 0 Å².